The van der Waals surface area contributed by atoms with Crippen molar-refractivity contribution in [1.82, 2.24) is 19.5 Å². The lowest BCUT2D eigenvalue weighted by molar-refractivity contribution is 0.0592. The highest BCUT2D eigenvalue weighted by molar-refractivity contribution is 5.85. The number of rotatable bonds is 3. The number of ether oxygens (including phenoxy) is 1. The molecule has 8 heteroatoms. The lowest BCUT2D eigenvalue weighted by Gasteiger charge is -2.12. The first-order valence-corrected chi connectivity index (χ1v) is 7.38. The van der Waals surface area contributed by atoms with Crippen LogP contribution in [0.2, 0.25) is 0 Å². The van der Waals surface area contributed by atoms with Crippen LogP contribution in [-0.4, -0.2) is 31.2 Å². The van der Waals surface area contributed by atoms with Crippen LogP contribution < -0.4 is 11.1 Å². The first-order chi connectivity index (χ1) is 11.2. The topological polar surface area (TPSA) is 111 Å². The zero-order chi connectivity index (χ0) is 15.8. The Morgan fingerprint density at radius 2 is 2.09 bits per heavy atom. The van der Waals surface area contributed by atoms with Gasteiger partial charge in [0.1, 0.15) is 6.23 Å². The molecule has 0 spiro atoms. The van der Waals surface area contributed by atoms with Crippen molar-refractivity contribution < 1.29 is 9.84 Å². The quantitative estimate of drug-likeness (QED) is 0.635. The number of benzene rings is 1. The number of fused-ring (bicyclic) bond motifs is 1. The molecule has 1 aliphatic rings. The van der Waals surface area contributed by atoms with Gasteiger partial charge in [-0.3, -0.25) is 4.57 Å². The highest BCUT2D eigenvalue weighted by Gasteiger charge is 2.22. The number of hydrogen-bond acceptors (Lipinski definition) is 7. The van der Waals surface area contributed by atoms with Crippen molar-refractivity contribution in [3.63, 3.8) is 0 Å². The van der Waals surface area contributed by atoms with E-state index in [4.69, 9.17) is 10.5 Å². The molecule has 1 fully saturated rings. The summed E-state index contributed by atoms with van der Waals surface area (Å²) in [6, 6.07) is 6.92. The van der Waals surface area contributed by atoms with Gasteiger partial charge >= 0.3 is 6.01 Å². The maximum absolute atomic E-state index is 9.85. The minimum atomic E-state index is -0.310. The van der Waals surface area contributed by atoms with Crippen LogP contribution in [0.25, 0.3) is 11.2 Å². The summed E-state index contributed by atoms with van der Waals surface area (Å²) in [5.74, 6) is 0.439. The molecule has 1 aliphatic heterocycles. The van der Waals surface area contributed by atoms with E-state index in [-0.39, 0.29) is 12.2 Å². The van der Waals surface area contributed by atoms with E-state index in [1.165, 1.54) is 0 Å². The third-order valence-electron chi connectivity index (χ3n) is 3.80. The molecule has 0 saturated carbocycles. The number of nitrogen functional groups attached to an aromatic ring is 1. The van der Waals surface area contributed by atoms with Crippen LogP contribution in [0.15, 0.2) is 30.6 Å². The van der Waals surface area contributed by atoms with Crippen LogP contribution >= 0.6 is 0 Å². The Kier molecular flexibility index (Phi) is 3.23. The molecule has 1 saturated heterocycles. The Balaban J connectivity index is 1.75. The Bertz CT molecular complexity index is 839. The normalized spacial score (nSPS) is 17.7. The largest absolute Gasteiger partial charge is 0.479 e. The summed E-state index contributed by atoms with van der Waals surface area (Å²) in [6.07, 6.45) is 3.47. The predicted octanol–water partition coefficient (Wildman–Crippen LogP) is 2.17. The average molecular weight is 312 g/mol. The number of nitrogens with zero attached hydrogens (tertiary/aromatic N) is 4. The Hall–Kier alpha value is -2.87. The average Bonchev–Trinajstić information content (AvgIpc) is 3.18. The molecule has 1 atom stereocenters. The SMILES string of the molecule is Nc1ccc(Nc2nc(O)nc3c2ncn3C2CCCO2)cc1. The molecule has 23 heavy (non-hydrogen) atoms. The van der Waals surface area contributed by atoms with E-state index in [1.807, 2.05) is 16.7 Å². The van der Waals surface area contributed by atoms with Crippen LogP contribution in [0.5, 0.6) is 6.01 Å². The molecule has 0 aliphatic carbocycles. The van der Waals surface area contributed by atoms with Gasteiger partial charge in [-0.15, -0.1) is 0 Å². The maximum Gasteiger partial charge on any atom is 0.318 e. The van der Waals surface area contributed by atoms with E-state index in [2.05, 4.69) is 20.3 Å². The zero-order valence-corrected chi connectivity index (χ0v) is 12.3. The van der Waals surface area contributed by atoms with Gasteiger partial charge < -0.3 is 20.9 Å². The van der Waals surface area contributed by atoms with Crippen LogP contribution in [-0.2, 0) is 4.74 Å². The molecule has 2 aromatic heterocycles. The third kappa shape index (κ3) is 2.53. The summed E-state index contributed by atoms with van der Waals surface area (Å²) in [6.45, 7) is 0.720. The van der Waals surface area contributed by atoms with Gasteiger partial charge in [0.25, 0.3) is 0 Å². The lowest BCUT2D eigenvalue weighted by atomic mass is 10.3. The summed E-state index contributed by atoms with van der Waals surface area (Å²) < 4.78 is 7.49. The Labute approximate surface area is 131 Å². The molecule has 118 valence electrons. The van der Waals surface area contributed by atoms with Gasteiger partial charge in [-0.2, -0.15) is 9.97 Å². The lowest BCUT2D eigenvalue weighted by Crippen LogP contribution is -2.07. The fourth-order valence-electron chi connectivity index (χ4n) is 2.69. The van der Waals surface area contributed by atoms with E-state index in [1.54, 1.807) is 18.5 Å². The van der Waals surface area contributed by atoms with Crippen molar-refractivity contribution in [3.05, 3.63) is 30.6 Å². The molecule has 4 N–H and O–H groups in total. The zero-order valence-electron chi connectivity index (χ0n) is 12.3. The van der Waals surface area contributed by atoms with E-state index in [9.17, 15) is 5.11 Å². The second-order valence-electron chi connectivity index (χ2n) is 5.41. The first-order valence-electron chi connectivity index (χ1n) is 7.38. The highest BCUT2D eigenvalue weighted by atomic mass is 16.5. The highest BCUT2D eigenvalue weighted by Crippen LogP contribution is 2.30. The van der Waals surface area contributed by atoms with Crippen molar-refractivity contribution in [2.45, 2.75) is 19.1 Å². The summed E-state index contributed by atoms with van der Waals surface area (Å²) in [5.41, 5.74) is 8.28. The molecular weight excluding hydrogens is 296 g/mol. The monoisotopic (exact) mass is 312 g/mol. The Morgan fingerprint density at radius 1 is 1.26 bits per heavy atom. The minimum absolute atomic E-state index is 0.0985. The second-order valence-corrected chi connectivity index (χ2v) is 5.41. The fourth-order valence-corrected chi connectivity index (χ4v) is 2.69. The van der Waals surface area contributed by atoms with Gasteiger partial charge in [0.2, 0.25) is 0 Å². The van der Waals surface area contributed by atoms with Crippen LogP contribution in [0.4, 0.5) is 17.2 Å². The molecule has 0 radical (unpaired) electrons. The predicted molar refractivity (Wildman–Crippen MR) is 85.3 cm³/mol. The molecular formula is C15H16N6O2. The number of imidazole rings is 1. The van der Waals surface area contributed by atoms with Gasteiger partial charge in [-0.25, -0.2) is 4.98 Å². The second kappa shape index (κ2) is 5.40. The minimum Gasteiger partial charge on any atom is -0.479 e. The molecule has 3 aromatic rings. The van der Waals surface area contributed by atoms with E-state index in [0.29, 0.717) is 22.7 Å². The molecule has 0 bridgehead atoms. The van der Waals surface area contributed by atoms with Gasteiger partial charge in [-0.05, 0) is 37.1 Å². The number of nitrogens with two attached hydrogens (primary N) is 1. The number of nitrogens with one attached hydrogen (secondary N) is 1. The van der Waals surface area contributed by atoms with Crippen LogP contribution in [0.3, 0.4) is 0 Å². The standard InChI is InChI=1S/C15H16N6O2/c16-9-3-5-10(6-4-9)18-13-12-14(20-15(22)19-13)21(8-17-12)11-2-1-7-23-11/h3-6,8,11H,1-2,7,16H2,(H2,18,19,20,22). The smallest absolute Gasteiger partial charge is 0.318 e. The van der Waals surface area contributed by atoms with Crippen LogP contribution in [0, 0.1) is 0 Å². The van der Waals surface area contributed by atoms with Crippen molar-refractivity contribution in [2.75, 3.05) is 17.7 Å². The summed E-state index contributed by atoms with van der Waals surface area (Å²) in [7, 11) is 0. The number of aromatic nitrogens is 4. The summed E-state index contributed by atoms with van der Waals surface area (Å²) in [4.78, 5) is 12.5. The van der Waals surface area contributed by atoms with Crippen molar-refractivity contribution in [3.8, 4) is 6.01 Å². The third-order valence-corrected chi connectivity index (χ3v) is 3.80. The van der Waals surface area contributed by atoms with E-state index < -0.39 is 0 Å². The molecule has 3 heterocycles. The van der Waals surface area contributed by atoms with Crippen LogP contribution in [0.1, 0.15) is 19.1 Å². The van der Waals surface area contributed by atoms with E-state index >= 15 is 0 Å². The molecule has 0 amide bonds. The first kappa shape index (κ1) is 13.8. The number of hydrogen-bond donors (Lipinski definition) is 3. The van der Waals surface area contributed by atoms with E-state index in [0.717, 1.165) is 25.1 Å². The molecule has 1 unspecified atom stereocenters. The molecule has 8 nitrogen and oxygen atoms in total. The summed E-state index contributed by atoms with van der Waals surface area (Å²) in [5, 5.41) is 13.0. The van der Waals surface area contributed by atoms with Gasteiger partial charge in [-0.1, -0.05) is 0 Å². The van der Waals surface area contributed by atoms with Crippen molar-refractivity contribution >= 4 is 28.4 Å². The Morgan fingerprint density at radius 3 is 2.83 bits per heavy atom. The number of aromatic hydroxyl groups is 1. The summed E-state index contributed by atoms with van der Waals surface area (Å²) >= 11 is 0. The van der Waals surface area contributed by atoms with Gasteiger partial charge in [0.15, 0.2) is 17.0 Å². The van der Waals surface area contributed by atoms with Gasteiger partial charge in [0.05, 0.1) is 6.33 Å². The van der Waals surface area contributed by atoms with Gasteiger partial charge in [0, 0.05) is 18.0 Å². The molecule has 4 rings (SSSR count). The number of anilines is 3. The maximum atomic E-state index is 9.85. The van der Waals surface area contributed by atoms with Crippen molar-refractivity contribution in [2.24, 2.45) is 0 Å². The molecule has 1 aromatic carbocycles. The van der Waals surface area contributed by atoms with Crippen molar-refractivity contribution in [1.29, 1.82) is 0 Å². The fraction of sp³-hybridized carbons (Fsp3) is 0.267.